The molecule has 2 saturated heterocycles. The summed E-state index contributed by atoms with van der Waals surface area (Å²) in [4.78, 5) is 21.5. The standard InChI is InChI=1S/C29H34ClN7O2/c1-18-13-20(3)23-16-24(29(38)31-25(23)14-18)27(28-32-33-34-37(28)17-22-5-4-12-39-22)36-10-8-35(9-11-36)26-15-21(30)7-6-19(26)2/h6-7,13-16,22,27H,4-5,8-12,17H2,1-3H3,(H,31,38). The first-order chi connectivity index (χ1) is 18.9. The van der Waals surface area contributed by atoms with Crippen molar-refractivity contribution in [3.8, 4) is 0 Å². The zero-order valence-electron chi connectivity index (χ0n) is 22.7. The lowest BCUT2D eigenvalue weighted by Gasteiger charge is -2.40. The third-order valence-corrected chi connectivity index (χ3v) is 8.27. The number of aromatic nitrogens is 5. The number of rotatable bonds is 6. The molecule has 2 aliphatic heterocycles. The Bertz CT molecular complexity index is 1550. The van der Waals surface area contributed by atoms with E-state index in [9.17, 15) is 4.79 Å². The van der Waals surface area contributed by atoms with Crippen molar-refractivity contribution in [2.24, 2.45) is 0 Å². The van der Waals surface area contributed by atoms with Gasteiger partial charge >= 0.3 is 0 Å². The molecule has 4 aromatic rings. The van der Waals surface area contributed by atoms with Gasteiger partial charge in [-0.05, 0) is 85.0 Å². The van der Waals surface area contributed by atoms with Crippen molar-refractivity contribution in [3.05, 3.63) is 79.9 Å². The summed E-state index contributed by atoms with van der Waals surface area (Å²) < 4.78 is 7.72. The van der Waals surface area contributed by atoms with E-state index >= 15 is 0 Å². The van der Waals surface area contributed by atoms with Crippen molar-refractivity contribution in [2.45, 2.75) is 52.3 Å². The Morgan fingerprint density at radius 3 is 2.67 bits per heavy atom. The number of H-pyrrole nitrogens is 1. The highest BCUT2D eigenvalue weighted by Crippen LogP contribution is 2.31. The van der Waals surface area contributed by atoms with E-state index in [2.05, 4.69) is 56.3 Å². The highest BCUT2D eigenvalue weighted by molar-refractivity contribution is 6.30. The predicted molar refractivity (Wildman–Crippen MR) is 153 cm³/mol. The maximum absolute atomic E-state index is 13.6. The molecule has 39 heavy (non-hydrogen) atoms. The number of fused-ring (bicyclic) bond motifs is 1. The molecule has 0 amide bonds. The number of anilines is 1. The van der Waals surface area contributed by atoms with Gasteiger partial charge in [-0.2, -0.15) is 0 Å². The Morgan fingerprint density at radius 2 is 1.90 bits per heavy atom. The molecule has 2 unspecified atom stereocenters. The predicted octanol–water partition coefficient (Wildman–Crippen LogP) is 4.18. The van der Waals surface area contributed by atoms with Crippen LogP contribution in [0.4, 0.5) is 5.69 Å². The monoisotopic (exact) mass is 547 g/mol. The fourth-order valence-electron chi connectivity index (χ4n) is 6.05. The van der Waals surface area contributed by atoms with Gasteiger partial charge in [0.05, 0.1) is 12.6 Å². The van der Waals surface area contributed by atoms with Crippen LogP contribution in [0, 0.1) is 20.8 Å². The maximum atomic E-state index is 13.6. The minimum absolute atomic E-state index is 0.0793. The normalized spacial score (nSPS) is 19.2. The third-order valence-electron chi connectivity index (χ3n) is 8.03. The average molecular weight is 548 g/mol. The van der Waals surface area contributed by atoms with Crippen LogP contribution >= 0.6 is 11.6 Å². The Labute approximate surface area is 232 Å². The van der Waals surface area contributed by atoms with Crippen LogP contribution in [0.15, 0.2) is 41.2 Å². The van der Waals surface area contributed by atoms with E-state index < -0.39 is 6.04 Å². The molecule has 6 rings (SSSR count). The van der Waals surface area contributed by atoms with Crippen LogP contribution in [0.2, 0.25) is 5.02 Å². The molecule has 10 heteroatoms. The second-order valence-corrected chi connectivity index (χ2v) is 11.2. The molecule has 0 spiro atoms. The summed E-state index contributed by atoms with van der Waals surface area (Å²) in [5.41, 5.74) is 5.98. The van der Waals surface area contributed by atoms with Crippen LogP contribution in [0.5, 0.6) is 0 Å². The van der Waals surface area contributed by atoms with Gasteiger partial charge in [0, 0.05) is 60.0 Å². The van der Waals surface area contributed by atoms with E-state index in [0.717, 1.165) is 78.4 Å². The highest BCUT2D eigenvalue weighted by atomic mass is 35.5. The number of ether oxygens (including phenoxy) is 1. The molecule has 0 saturated carbocycles. The molecule has 4 heterocycles. The molecule has 2 aromatic carbocycles. The van der Waals surface area contributed by atoms with E-state index in [-0.39, 0.29) is 11.7 Å². The second kappa shape index (κ2) is 10.7. The summed E-state index contributed by atoms with van der Waals surface area (Å²) in [5, 5.41) is 14.7. The number of benzene rings is 2. The Morgan fingerprint density at radius 1 is 1.08 bits per heavy atom. The fourth-order valence-corrected chi connectivity index (χ4v) is 6.22. The van der Waals surface area contributed by atoms with E-state index in [0.29, 0.717) is 17.9 Å². The second-order valence-electron chi connectivity index (χ2n) is 10.8. The molecule has 2 fully saturated rings. The molecule has 2 atom stereocenters. The first-order valence-electron chi connectivity index (χ1n) is 13.6. The van der Waals surface area contributed by atoms with E-state index in [1.807, 2.05) is 35.9 Å². The van der Waals surface area contributed by atoms with Crippen molar-refractivity contribution in [1.82, 2.24) is 30.1 Å². The number of piperazine rings is 1. The molecule has 0 radical (unpaired) electrons. The van der Waals surface area contributed by atoms with Gasteiger partial charge < -0.3 is 14.6 Å². The molecule has 2 aliphatic rings. The zero-order valence-corrected chi connectivity index (χ0v) is 23.4. The van der Waals surface area contributed by atoms with E-state index in [4.69, 9.17) is 16.3 Å². The van der Waals surface area contributed by atoms with Gasteiger partial charge in [-0.3, -0.25) is 9.69 Å². The van der Waals surface area contributed by atoms with Gasteiger partial charge in [-0.25, -0.2) is 4.68 Å². The van der Waals surface area contributed by atoms with Gasteiger partial charge in [0.2, 0.25) is 0 Å². The third kappa shape index (κ3) is 5.18. The van der Waals surface area contributed by atoms with Crippen LogP contribution in [-0.4, -0.2) is 69.0 Å². The lowest BCUT2D eigenvalue weighted by Crippen LogP contribution is -2.49. The van der Waals surface area contributed by atoms with Crippen LogP contribution in [0.1, 0.15) is 47.0 Å². The lowest BCUT2D eigenvalue weighted by molar-refractivity contribution is 0.0906. The Balaban J connectivity index is 1.38. The number of halogens is 1. The first kappa shape index (κ1) is 26.0. The molecule has 0 aliphatic carbocycles. The minimum atomic E-state index is -0.391. The summed E-state index contributed by atoms with van der Waals surface area (Å²) in [5.74, 6) is 0.674. The molecule has 1 N–H and O–H groups in total. The van der Waals surface area contributed by atoms with Crippen LogP contribution in [-0.2, 0) is 11.3 Å². The molecule has 204 valence electrons. The summed E-state index contributed by atoms with van der Waals surface area (Å²) in [6.45, 7) is 10.7. The average Bonchev–Trinajstić information content (AvgIpc) is 3.59. The Hall–Kier alpha value is -3.27. The van der Waals surface area contributed by atoms with Gasteiger partial charge in [-0.1, -0.05) is 23.7 Å². The molecular formula is C29H34ClN7O2. The Kier molecular flexibility index (Phi) is 7.14. The van der Waals surface area contributed by atoms with Crippen molar-refractivity contribution < 1.29 is 4.74 Å². The maximum Gasteiger partial charge on any atom is 0.253 e. The largest absolute Gasteiger partial charge is 0.376 e. The summed E-state index contributed by atoms with van der Waals surface area (Å²) in [7, 11) is 0. The number of nitrogens with zero attached hydrogens (tertiary/aromatic N) is 6. The summed E-state index contributed by atoms with van der Waals surface area (Å²) in [6, 6.07) is 11.8. The number of nitrogens with one attached hydrogen (secondary N) is 1. The van der Waals surface area contributed by atoms with Crippen LogP contribution < -0.4 is 10.5 Å². The van der Waals surface area contributed by atoms with Crippen molar-refractivity contribution in [3.63, 3.8) is 0 Å². The van der Waals surface area contributed by atoms with Gasteiger partial charge in [0.1, 0.15) is 6.04 Å². The minimum Gasteiger partial charge on any atom is -0.376 e. The molecule has 2 aromatic heterocycles. The topological polar surface area (TPSA) is 92.2 Å². The molecular weight excluding hydrogens is 514 g/mol. The number of aromatic amines is 1. The van der Waals surface area contributed by atoms with Gasteiger partial charge in [-0.15, -0.1) is 5.10 Å². The van der Waals surface area contributed by atoms with Crippen LogP contribution in [0.25, 0.3) is 10.9 Å². The zero-order chi connectivity index (χ0) is 27.1. The lowest BCUT2D eigenvalue weighted by atomic mass is 9.99. The quantitative estimate of drug-likeness (QED) is 0.387. The van der Waals surface area contributed by atoms with Crippen molar-refractivity contribution in [2.75, 3.05) is 37.7 Å². The van der Waals surface area contributed by atoms with Gasteiger partial charge in [0.25, 0.3) is 5.56 Å². The smallest absolute Gasteiger partial charge is 0.253 e. The number of tetrazole rings is 1. The van der Waals surface area contributed by atoms with E-state index in [1.165, 1.54) is 5.56 Å². The van der Waals surface area contributed by atoms with Crippen molar-refractivity contribution in [1.29, 1.82) is 0 Å². The SMILES string of the molecule is Cc1cc(C)c2cc(C(c3nnnn3CC3CCCO3)N3CCN(c4cc(Cl)ccc4C)CC3)c(=O)[nH]c2c1. The summed E-state index contributed by atoms with van der Waals surface area (Å²) >= 11 is 6.33. The summed E-state index contributed by atoms with van der Waals surface area (Å²) in [6.07, 6.45) is 2.10. The molecule has 9 nitrogen and oxygen atoms in total. The number of pyridine rings is 1. The van der Waals surface area contributed by atoms with E-state index in [1.54, 1.807) is 0 Å². The fraction of sp³-hybridized carbons (Fsp3) is 0.448. The number of hydrogen-bond donors (Lipinski definition) is 1. The first-order valence-corrected chi connectivity index (χ1v) is 14.0. The van der Waals surface area contributed by atoms with Crippen molar-refractivity contribution >= 4 is 28.2 Å². The molecule has 0 bridgehead atoms. The number of aryl methyl sites for hydroxylation is 3. The van der Waals surface area contributed by atoms with Gasteiger partial charge in [0.15, 0.2) is 5.82 Å². The highest BCUT2D eigenvalue weighted by Gasteiger charge is 2.34. The number of hydrogen-bond acceptors (Lipinski definition) is 7. The van der Waals surface area contributed by atoms with Crippen LogP contribution in [0.3, 0.4) is 0 Å².